The highest BCUT2D eigenvalue weighted by molar-refractivity contribution is 6.31. The Morgan fingerprint density at radius 3 is 2.78 bits per heavy atom. The van der Waals surface area contributed by atoms with E-state index >= 15 is 0 Å². The molecule has 0 aromatic heterocycles. The van der Waals surface area contributed by atoms with Crippen molar-refractivity contribution in [1.29, 1.82) is 0 Å². The highest BCUT2D eigenvalue weighted by Crippen LogP contribution is 2.50. The number of hydrogen-bond acceptors (Lipinski definition) is 2. The van der Waals surface area contributed by atoms with Gasteiger partial charge in [-0.15, -0.1) is 0 Å². The number of hydrogen-bond donors (Lipinski definition) is 2. The molecule has 0 fully saturated rings. The lowest BCUT2D eigenvalue weighted by Gasteiger charge is -2.38. The van der Waals surface area contributed by atoms with Crippen molar-refractivity contribution in [2.45, 2.75) is 18.4 Å². The van der Waals surface area contributed by atoms with E-state index in [1.807, 2.05) is 24.3 Å². The number of anilines is 1. The summed E-state index contributed by atoms with van der Waals surface area (Å²) >= 11 is 6.40. The lowest BCUT2D eigenvalue weighted by molar-refractivity contribution is 0.0696. The Labute approximate surface area is 139 Å². The predicted molar refractivity (Wildman–Crippen MR) is 91.2 cm³/mol. The van der Waals surface area contributed by atoms with Gasteiger partial charge in [-0.3, -0.25) is 0 Å². The zero-order valence-corrected chi connectivity index (χ0v) is 13.1. The fourth-order valence-corrected chi connectivity index (χ4v) is 4.02. The maximum Gasteiger partial charge on any atom is 0.335 e. The van der Waals surface area contributed by atoms with Gasteiger partial charge in [0.05, 0.1) is 11.6 Å². The molecule has 2 aromatic rings. The molecule has 3 nitrogen and oxygen atoms in total. The van der Waals surface area contributed by atoms with Gasteiger partial charge in [0.1, 0.15) is 0 Å². The average Bonchev–Trinajstić information content (AvgIpc) is 3.04. The predicted octanol–water partition coefficient (Wildman–Crippen LogP) is 4.86. The van der Waals surface area contributed by atoms with Crippen LogP contribution in [0, 0.1) is 5.92 Å². The maximum atomic E-state index is 11.3. The minimum absolute atomic E-state index is 0.131. The molecule has 0 amide bonds. The number of carboxylic acid groups (broad SMARTS) is 1. The normalized spacial score (nSPS) is 24.7. The number of allylic oxidation sites excluding steroid dienone is 2. The number of rotatable bonds is 2. The van der Waals surface area contributed by atoms with Crippen LogP contribution in [-0.4, -0.2) is 11.1 Å². The summed E-state index contributed by atoms with van der Waals surface area (Å²) in [5, 5.41) is 13.6. The Kier molecular flexibility index (Phi) is 3.38. The minimum Gasteiger partial charge on any atom is -0.478 e. The van der Waals surface area contributed by atoms with Crippen LogP contribution in [0.5, 0.6) is 0 Å². The first kappa shape index (κ1) is 14.3. The smallest absolute Gasteiger partial charge is 0.335 e. The molecule has 1 heterocycles. The number of fused-ring (bicyclic) bond motifs is 3. The third-order valence-corrected chi connectivity index (χ3v) is 5.19. The molecular formula is C19H16ClNO2. The second-order valence-electron chi connectivity index (χ2n) is 6.10. The Bertz CT molecular complexity index is 815. The van der Waals surface area contributed by atoms with Gasteiger partial charge in [0.25, 0.3) is 0 Å². The van der Waals surface area contributed by atoms with Gasteiger partial charge in [0.2, 0.25) is 0 Å². The zero-order chi connectivity index (χ0) is 16.0. The van der Waals surface area contributed by atoms with Crippen LogP contribution in [0.3, 0.4) is 0 Å². The Hall–Kier alpha value is -2.26. The number of nitrogens with one attached hydrogen (secondary N) is 1. The van der Waals surface area contributed by atoms with Gasteiger partial charge in [-0.25, -0.2) is 4.79 Å². The highest BCUT2D eigenvalue weighted by Gasteiger charge is 2.38. The van der Waals surface area contributed by atoms with Crippen molar-refractivity contribution in [2.24, 2.45) is 5.92 Å². The molecule has 2 N–H and O–H groups in total. The van der Waals surface area contributed by atoms with Crippen LogP contribution >= 0.6 is 11.6 Å². The highest BCUT2D eigenvalue weighted by atomic mass is 35.5. The number of carboxylic acids is 1. The molecule has 0 spiro atoms. The summed E-state index contributed by atoms with van der Waals surface area (Å²) in [6, 6.07) is 13.4. The van der Waals surface area contributed by atoms with Crippen molar-refractivity contribution in [3.8, 4) is 0 Å². The van der Waals surface area contributed by atoms with E-state index in [0.717, 1.165) is 28.3 Å². The molecule has 1 aliphatic heterocycles. The van der Waals surface area contributed by atoms with Gasteiger partial charge in [-0.05, 0) is 47.7 Å². The SMILES string of the molecule is O=C(O)c1ccc2c(c1)[C@@H]1C=CC[C@H]1[C@H](c1ccccc1Cl)N2. The van der Waals surface area contributed by atoms with Crippen molar-refractivity contribution in [3.05, 3.63) is 76.3 Å². The fourth-order valence-electron chi connectivity index (χ4n) is 3.76. The van der Waals surface area contributed by atoms with Crippen LogP contribution < -0.4 is 5.32 Å². The Morgan fingerprint density at radius 2 is 2.00 bits per heavy atom. The number of aromatic carboxylic acids is 1. The Balaban J connectivity index is 1.81. The largest absolute Gasteiger partial charge is 0.478 e. The standard InChI is InChI=1S/C19H16ClNO2/c20-16-7-2-1-4-14(16)18-13-6-3-5-12(13)15-10-11(19(22)23)8-9-17(15)21-18/h1-5,7-10,12-13,18,21H,6H2,(H,22,23)/t12-,13-,18-/m1/s1. The zero-order valence-electron chi connectivity index (χ0n) is 12.4. The first-order valence-corrected chi connectivity index (χ1v) is 8.08. The summed E-state index contributed by atoms with van der Waals surface area (Å²) in [7, 11) is 0. The van der Waals surface area contributed by atoms with Gasteiger partial charge in [0.15, 0.2) is 0 Å². The monoisotopic (exact) mass is 325 g/mol. The van der Waals surface area contributed by atoms with Crippen molar-refractivity contribution in [1.82, 2.24) is 0 Å². The first-order chi connectivity index (χ1) is 11.1. The molecule has 0 radical (unpaired) electrons. The lowest BCUT2D eigenvalue weighted by Crippen LogP contribution is -2.29. The van der Waals surface area contributed by atoms with E-state index in [0.29, 0.717) is 11.5 Å². The molecule has 116 valence electrons. The summed E-state index contributed by atoms with van der Waals surface area (Å²) in [5.74, 6) is -0.308. The molecule has 4 heteroatoms. The van der Waals surface area contributed by atoms with E-state index in [1.54, 1.807) is 12.1 Å². The van der Waals surface area contributed by atoms with E-state index in [1.165, 1.54) is 0 Å². The van der Waals surface area contributed by atoms with E-state index < -0.39 is 5.97 Å². The van der Waals surface area contributed by atoms with Crippen molar-refractivity contribution in [3.63, 3.8) is 0 Å². The maximum absolute atomic E-state index is 11.3. The van der Waals surface area contributed by atoms with E-state index in [2.05, 4.69) is 23.5 Å². The molecule has 1 aliphatic carbocycles. The van der Waals surface area contributed by atoms with E-state index in [4.69, 9.17) is 11.6 Å². The van der Waals surface area contributed by atoms with Crippen LogP contribution in [-0.2, 0) is 0 Å². The summed E-state index contributed by atoms with van der Waals surface area (Å²) in [4.78, 5) is 11.3. The quantitative estimate of drug-likeness (QED) is 0.775. The molecule has 0 saturated heterocycles. The van der Waals surface area contributed by atoms with Crippen LogP contribution in [0.4, 0.5) is 5.69 Å². The molecule has 0 bridgehead atoms. The summed E-state index contributed by atoms with van der Waals surface area (Å²) in [6.07, 6.45) is 5.34. The van der Waals surface area contributed by atoms with Gasteiger partial charge < -0.3 is 10.4 Å². The summed E-state index contributed by atoms with van der Waals surface area (Å²) < 4.78 is 0. The van der Waals surface area contributed by atoms with Crippen molar-refractivity contribution < 1.29 is 9.90 Å². The topological polar surface area (TPSA) is 49.3 Å². The number of halogens is 1. The first-order valence-electron chi connectivity index (χ1n) is 7.70. The summed E-state index contributed by atoms with van der Waals surface area (Å²) in [5.41, 5.74) is 3.49. The van der Waals surface area contributed by atoms with E-state index in [9.17, 15) is 9.90 Å². The number of benzene rings is 2. The van der Waals surface area contributed by atoms with Crippen LogP contribution in [0.2, 0.25) is 5.02 Å². The second kappa shape index (κ2) is 5.43. The van der Waals surface area contributed by atoms with Gasteiger partial charge in [0, 0.05) is 16.6 Å². The van der Waals surface area contributed by atoms with Crippen molar-refractivity contribution >= 4 is 23.3 Å². The third-order valence-electron chi connectivity index (χ3n) is 4.85. The van der Waals surface area contributed by atoms with Gasteiger partial charge in [-0.1, -0.05) is 42.0 Å². The molecule has 2 aromatic carbocycles. The third kappa shape index (κ3) is 2.32. The molecule has 3 atom stereocenters. The fraction of sp³-hybridized carbons (Fsp3) is 0.211. The molecular weight excluding hydrogens is 310 g/mol. The Morgan fingerprint density at radius 1 is 1.17 bits per heavy atom. The molecule has 2 aliphatic rings. The second-order valence-corrected chi connectivity index (χ2v) is 6.51. The minimum atomic E-state index is -0.889. The van der Waals surface area contributed by atoms with Crippen molar-refractivity contribution in [2.75, 3.05) is 5.32 Å². The number of carbonyl (C=O) groups is 1. The van der Waals surface area contributed by atoms with Gasteiger partial charge in [-0.2, -0.15) is 0 Å². The molecule has 4 rings (SSSR count). The molecule has 0 unspecified atom stereocenters. The van der Waals surface area contributed by atoms with Crippen LogP contribution in [0.1, 0.15) is 39.9 Å². The molecule has 23 heavy (non-hydrogen) atoms. The van der Waals surface area contributed by atoms with Crippen LogP contribution in [0.25, 0.3) is 0 Å². The lowest BCUT2D eigenvalue weighted by atomic mass is 9.76. The average molecular weight is 326 g/mol. The molecule has 0 saturated carbocycles. The van der Waals surface area contributed by atoms with Gasteiger partial charge >= 0.3 is 5.97 Å². The van der Waals surface area contributed by atoms with E-state index in [-0.39, 0.29) is 12.0 Å². The van der Waals surface area contributed by atoms with Crippen LogP contribution in [0.15, 0.2) is 54.6 Å². The summed E-state index contributed by atoms with van der Waals surface area (Å²) in [6.45, 7) is 0.